The molecule has 3 heterocycles. The smallest absolute Gasteiger partial charge is 0.221 e. The van der Waals surface area contributed by atoms with E-state index in [1.807, 2.05) is 30.3 Å². The maximum absolute atomic E-state index is 9.82. The van der Waals surface area contributed by atoms with Crippen LogP contribution in [0.2, 0.25) is 0 Å². The molecule has 132 valence electrons. The molecule has 2 aromatic carbocycles. The molecular weight excluding hydrogens is 344 g/mol. The third kappa shape index (κ3) is 2.46. The third-order valence-electron chi connectivity index (χ3n) is 4.48. The van der Waals surface area contributed by atoms with E-state index in [4.69, 9.17) is 9.72 Å². The molecule has 3 aromatic heterocycles. The summed E-state index contributed by atoms with van der Waals surface area (Å²) in [7, 11) is 1.64. The number of methoxy groups -OCH3 is 1. The highest BCUT2D eigenvalue weighted by Crippen LogP contribution is 2.32. The molecule has 0 aliphatic carbocycles. The van der Waals surface area contributed by atoms with E-state index in [0.717, 1.165) is 33.2 Å². The number of rotatable bonds is 3. The van der Waals surface area contributed by atoms with Gasteiger partial charge in [-0.3, -0.25) is 5.10 Å². The van der Waals surface area contributed by atoms with Crippen molar-refractivity contribution in [3.63, 3.8) is 0 Å². The molecule has 5 aromatic rings. The van der Waals surface area contributed by atoms with E-state index in [1.165, 1.54) is 6.33 Å². The van der Waals surface area contributed by atoms with Gasteiger partial charge >= 0.3 is 0 Å². The van der Waals surface area contributed by atoms with Crippen molar-refractivity contribution in [1.82, 2.24) is 25.1 Å². The minimum Gasteiger partial charge on any atom is -0.497 e. The van der Waals surface area contributed by atoms with Crippen LogP contribution >= 0.6 is 0 Å². The lowest BCUT2D eigenvalue weighted by atomic mass is 10.1. The van der Waals surface area contributed by atoms with Crippen LogP contribution in [0.25, 0.3) is 32.7 Å². The lowest BCUT2D eigenvalue weighted by Gasteiger charge is -2.10. The van der Waals surface area contributed by atoms with Crippen molar-refractivity contribution in [2.24, 2.45) is 0 Å². The summed E-state index contributed by atoms with van der Waals surface area (Å²) in [6, 6.07) is 11.2. The average Bonchev–Trinajstić information content (AvgIpc) is 3.18. The first-order valence-electron chi connectivity index (χ1n) is 8.24. The van der Waals surface area contributed by atoms with Crippen LogP contribution in [-0.4, -0.2) is 37.4 Å². The maximum atomic E-state index is 9.82. The summed E-state index contributed by atoms with van der Waals surface area (Å²) in [6.07, 6.45) is 3.10. The molecule has 0 aliphatic rings. The zero-order valence-corrected chi connectivity index (χ0v) is 14.3. The number of fused-ring (bicyclic) bond motifs is 4. The molecule has 8 nitrogen and oxygen atoms in total. The van der Waals surface area contributed by atoms with E-state index in [0.29, 0.717) is 16.7 Å². The second-order valence-electron chi connectivity index (χ2n) is 6.06. The van der Waals surface area contributed by atoms with Crippen LogP contribution in [0.1, 0.15) is 0 Å². The number of pyridine rings is 1. The third-order valence-corrected chi connectivity index (χ3v) is 4.48. The molecule has 0 radical (unpaired) electrons. The molecule has 0 atom stereocenters. The first-order valence-corrected chi connectivity index (χ1v) is 8.24. The van der Waals surface area contributed by atoms with Gasteiger partial charge in [0.2, 0.25) is 5.88 Å². The molecule has 0 saturated heterocycles. The monoisotopic (exact) mass is 358 g/mol. The van der Waals surface area contributed by atoms with E-state index in [9.17, 15) is 5.11 Å². The number of aromatic nitrogens is 5. The fourth-order valence-electron chi connectivity index (χ4n) is 3.15. The topological polar surface area (TPSA) is 109 Å². The molecule has 5 rings (SSSR count). The van der Waals surface area contributed by atoms with Gasteiger partial charge < -0.3 is 15.2 Å². The summed E-state index contributed by atoms with van der Waals surface area (Å²) in [5.74, 6) is 1.37. The van der Waals surface area contributed by atoms with Crippen LogP contribution < -0.4 is 10.1 Å². The maximum Gasteiger partial charge on any atom is 0.221 e. The Balaban J connectivity index is 1.65. The number of H-pyrrole nitrogens is 1. The SMILES string of the molecule is COc1ccc2nc(Nc3ccc4c(O)ncnc4c3)c3[nH]ncc3c2c1. The summed E-state index contributed by atoms with van der Waals surface area (Å²) in [5, 5.41) is 22.8. The second-order valence-corrected chi connectivity index (χ2v) is 6.06. The van der Waals surface area contributed by atoms with Crippen LogP contribution in [0.3, 0.4) is 0 Å². The zero-order valence-electron chi connectivity index (χ0n) is 14.3. The molecule has 0 bridgehead atoms. The molecule has 0 amide bonds. The normalized spacial score (nSPS) is 11.3. The number of aromatic amines is 1. The van der Waals surface area contributed by atoms with Gasteiger partial charge in [-0.2, -0.15) is 5.10 Å². The van der Waals surface area contributed by atoms with Crippen LogP contribution in [0.15, 0.2) is 48.9 Å². The Morgan fingerprint density at radius 3 is 2.81 bits per heavy atom. The molecule has 27 heavy (non-hydrogen) atoms. The predicted molar refractivity (Wildman–Crippen MR) is 102 cm³/mol. The van der Waals surface area contributed by atoms with Crippen molar-refractivity contribution >= 4 is 44.2 Å². The number of hydrogen-bond acceptors (Lipinski definition) is 7. The van der Waals surface area contributed by atoms with Crippen molar-refractivity contribution in [2.75, 3.05) is 12.4 Å². The van der Waals surface area contributed by atoms with Crippen molar-refractivity contribution < 1.29 is 9.84 Å². The average molecular weight is 358 g/mol. The standard InChI is InChI=1S/C19H14N6O2/c1-27-11-3-5-15-13(7-11)14-8-22-25-17(14)18(24-15)23-10-2-4-12-16(6-10)20-9-21-19(12)26/h2-9H,1H3,(H,22,25)(H,23,24)(H,20,21,26). The highest BCUT2D eigenvalue weighted by atomic mass is 16.5. The fraction of sp³-hybridized carbons (Fsp3) is 0.0526. The minimum atomic E-state index is -0.0414. The summed E-state index contributed by atoms with van der Waals surface area (Å²) < 4.78 is 5.32. The lowest BCUT2D eigenvalue weighted by molar-refractivity contribution is 0.415. The fourth-order valence-corrected chi connectivity index (χ4v) is 3.15. The molecule has 0 spiro atoms. The molecule has 0 unspecified atom stereocenters. The molecule has 0 saturated carbocycles. The van der Waals surface area contributed by atoms with E-state index in [-0.39, 0.29) is 5.88 Å². The molecule has 3 N–H and O–H groups in total. The van der Waals surface area contributed by atoms with Gasteiger partial charge in [-0.05, 0) is 36.4 Å². The largest absolute Gasteiger partial charge is 0.497 e. The van der Waals surface area contributed by atoms with Crippen molar-refractivity contribution in [3.05, 3.63) is 48.9 Å². The zero-order chi connectivity index (χ0) is 18.4. The van der Waals surface area contributed by atoms with Crippen molar-refractivity contribution in [1.29, 1.82) is 0 Å². The number of aromatic hydroxyl groups is 1. The van der Waals surface area contributed by atoms with E-state index >= 15 is 0 Å². The Morgan fingerprint density at radius 2 is 1.93 bits per heavy atom. The van der Waals surface area contributed by atoms with E-state index in [2.05, 4.69) is 25.5 Å². The summed E-state index contributed by atoms with van der Waals surface area (Å²) in [4.78, 5) is 12.7. The first-order chi connectivity index (χ1) is 13.2. The summed E-state index contributed by atoms with van der Waals surface area (Å²) in [6.45, 7) is 0. The Hall–Kier alpha value is -3.94. The van der Waals surface area contributed by atoms with Gasteiger partial charge in [0.25, 0.3) is 0 Å². The van der Waals surface area contributed by atoms with Crippen LogP contribution in [0.5, 0.6) is 11.6 Å². The van der Waals surface area contributed by atoms with Crippen molar-refractivity contribution in [2.45, 2.75) is 0 Å². The number of benzene rings is 2. The van der Waals surface area contributed by atoms with E-state index in [1.54, 1.807) is 19.4 Å². The van der Waals surface area contributed by atoms with Crippen molar-refractivity contribution in [3.8, 4) is 11.6 Å². The summed E-state index contributed by atoms with van der Waals surface area (Å²) in [5.41, 5.74) is 3.05. The van der Waals surface area contributed by atoms with Gasteiger partial charge in [-0.1, -0.05) is 0 Å². The van der Waals surface area contributed by atoms with Gasteiger partial charge in [-0.15, -0.1) is 0 Å². The predicted octanol–water partition coefficient (Wildman–Crippen LogP) is 3.51. The number of nitrogens with zero attached hydrogens (tertiary/aromatic N) is 4. The van der Waals surface area contributed by atoms with E-state index < -0.39 is 0 Å². The lowest BCUT2D eigenvalue weighted by Crippen LogP contribution is -1.97. The molecule has 0 aliphatic heterocycles. The summed E-state index contributed by atoms with van der Waals surface area (Å²) >= 11 is 0. The quantitative estimate of drug-likeness (QED) is 0.453. The first kappa shape index (κ1) is 15.3. The number of anilines is 2. The van der Waals surface area contributed by atoms with Gasteiger partial charge in [0, 0.05) is 16.5 Å². The Labute approximate surface area is 152 Å². The number of nitrogens with one attached hydrogen (secondary N) is 2. The van der Waals surface area contributed by atoms with Gasteiger partial charge in [0.15, 0.2) is 5.82 Å². The molecule has 8 heteroatoms. The molecule has 0 fully saturated rings. The Kier molecular flexibility index (Phi) is 3.29. The molecular formula is C19H14N6O2. The van der Waals surface area contributed by atoms with Crippen LogP contribution in [0, 0.1) is 0 Å². The Bertz CT molecular complexity index is 1310. The number of hydrogen-bond donors (Lipinski definition) is 3. The van der Waals surface area contributed by atoms with Gasteiger partial charge in [0.05, 0.1) is 29.7 Å². The van der Waals surface area contributed by atoms with Crippen LogP contribution in [-0.2, 0) is 0 Å². The van der Waals surface area contributed by atoms with Gasteiger partial charge in [0.1, 0.15) is 17.6 Å². The Morgan fingerprint density at radius 1 is 1.00 bits per heavy atom. The minimum absolute atomic E-state index is 0.0414. The van der Waals surface area contributed by atoms with Gasteiger partial charge in [-0.25, -0.2) is 15.0 Å². The number of ether oxygens (including phenoxy) is 1. The highest BCUT2D eigenvalue weighted by Gasteiger charge is 2.12. The van der Waals surface area contributed by atoms with Crippen LogP contribution in [0.4, 0.5) is 11.5 Å². The second kappa shape index (κ2) is 5.80. The highest BCUT2D eigenvalue weighted by molar-refractivity contribution is 6.09.